The van der Waals surface area contributed by atoms with Gasteiger partial charge in [0.15, 0.2) is 0 Å². The van der Waals surface area contributed by atoms with E-state index in [1.807, 2.05) is 30.3 Å². The number of carbonyl (C=O) groups is 1. The van der Waals surface area contributed by atoms with E-state index in [0.29, 0.717) is 34.4 Å². The number of aliphatic hydroxyl groups is 1. The average molecular weight is 617 g/mol. The zero-order valence-corrected chi connectivity index (χ0v) is 25.8. The van der Waals surface area contributed by atoms with Crippen molar-refractivity contribution in [1.29, 1.82) is 0 Å². The minimum Gasteiger partial charge on any atom is -0.489 e. The molecule has 228 valence electrons. The number of benzene rings is 2. The summed E-state index contributed by atoms with van der Waals surface area (Å²) in [6.45, 7) is 3.95. The topological polar surface area (TPSA) is 74.3 Å². The van der Waals surface area contributed by atoms with Crippen LogP contribution in [0.25, 0.3) is 0 Å². The third-order valence-electron chi connectivity index (χ3n) is 9.16. The Kier molecular flexibility index (Phi) is 9.69. The highest BCUT2D eigenvalue weighted by molar-refractivity contribution is 6.32. The molecular weight excluding hydrogens is 573 g/mol. The van der Waals surface area contributed by atoms with Crippen molar-refractivity contribution in [2.75, 3.05) is 37.6 Å². The molecule has 0 aromatic heterocycles. The van der Waals surface area contributed by atoms with Gasteiger partial charge in [-0.05, 0) is 101 Å². The summed E-state index contributed by atoms with van der Waals surface area (Å²) in [6, 6.07) is 11.0. The highest BCUT2D eigenvalue weighted by Gasteiger charge is 2.34. The summed E-state index contributed by atoms with van der Waals surface area (Å²) in [6.07, 6.45) is 10.5. The second kappa shape index (κ2) is 13.6. The number of likely N-dealkylation sites (tertiary alicyclic amines) is 1. The lowest BCUT2D eigenvalue weighted by molar-refractivity contribution is -0.126. The molecule has 3 atom stereocenters. The standard InChI is InChI=1S/C33H43Cl2N3O4/c34-27-12-9-24(19-31(27)42-25-6-2-1-3-7-25)38-17-14-23(20-38)33(40)36-29(21-37-15-4-5-16-37)32(39)22-8-13-30(28(35)18-22)41-26-10-11-26/h8-9,12-13,18-19,23,25-26,29,32,39H,1-7,10-11,14-17,20-21H2,(H,36,40)/t23-,29-,32-/m1/s1. The highest BCUT2D eigenvalue weighted by Crippen LogP contribution is 2.36. The lowest BCUT2D eigenvalue weighted by Crippen LogP contribution is -2.48. The Balaban J connectivity index is 1.10. The second-order valence-electron chi connectivity index (χ2n) is 12.5. The maximum absolute atomic E-state index is 13.6. The van der Waals surface area contributed by atoms with Crippen LogP contribution in [0, 0.1) is 5.92 Å². The Morgan fingerprint density at radius 1 is 0.857 bits per heavy atom. The molecule has 2 saturated heterocycles. The number of nitrogens with one attached hydrogen (secondary N) is 1. The summed E-state index contributed by atoms with van der Waals surface area (Å²) in [7, 11) is 0. The number of rotatable bonds is 11. The highest BCUT2D eigenvalue weighted by atomic mass is 35.5. The van der Waals surface area contributed by atoms with Gasteiger partial charge in [-0.3, -0.25) is 4.79 Å². The molecule has 4 aliphatic rings. The van der Waals surface area contributed by atoms with Gasteiger partial charge in [-0.15, -0.1) is 0 Å². The number of halogens is 2. The molecule has 0 radical (unpaired) electrons. The van der Waals surface area contributed by atoms with Gasteiger partial charge in [0.25, 0.3) is 0 Å². The molecule has 2 aromatic carbocycles. The van der Waals surface area contributed by atoms with Crippen molar-refractivity contribution >= 4 is 34.8 Å². The molecule has 4 fully saturated rings. The summed E-state index contributed by atoms with van der Waals surface area (Å²) in [4.78, 5) is 18.2. The Morgan fingerprint density at radius 3 is 2.33 bits per heavy atom. The fourth-order valence-electron chi connectivity index (χ4n) is 6.51. The largest absolute Gasteiger partial charge is 0.489 e. The Bertz CT molecular complexity index is 1230. The predicted molar refractivity (Wildman–Crippen MR) is 167 cm³/mol. The minimum atomic E-state index is -0.879. The Labute approximate surface area is 259 Å². The number of hydrogen-bond acceptors (Lipinski definition) is 6. The van der Waals surface area contributed by atoms with Crippen molar-refractivity contribution in [2.24, 2.45) is 5.92 Å². The molecule has 2 aromatic rings. The van der Waals surface area contributed by atoms with Crippen LogP contribution in [0.15, 0.2) is 36.4 Å². The number of anilines is 1. The third kappa shape index (κ3) is 7.47. The van der Waals surface area contributed by atoms with E-state index in [4.69, 9.17) is 32.7 Å². The normalized spacial score (nSPS) is 23.1. The first kappa shape index (κ1) is 29.9. The maximum Gasteiger partial charge on any atom is 0.225 e. The summed E-state index contributed by atoms with van der Waals surface area (Å²) >= 11 is 13.0. The van der Waals surface area contributed by atoms with E-state index in [9.17, 15) is 9.90 Å². The smallest absolute Gasteiger partial charge is 0.225 e. The molecule has 0 spiro atoms. The quantitative estimate of drug-likeness (QED) is 0.305. The summed E-state index contributed by atoms with van der Waals surface area (Å²) in [5.74, 6) is 1.19. The minimum absolute atomic E-state index is 0.0202. The first-order valence-corrected chi connectivity index (χ1v) is 16.6. The van der Waals surface area contributed by atoms with Crippen LogP contribution in [-0.2, 0) is 4.79 Å². The molecule has 42 heavy (non-hydrogen) atoms. The fourth-order valence-corrected chi connectivity index (χ4v) is 6.91. The van der Waals surface area contributed by atoms with E-state index in [1.54, 1.807) is 6.07 Å². The number of nitrogens with zero attached hydrogens (tertiary/aromatic N) is 2. The van der Waals surface area contributed by atoms with E-state index in [2.05, 4.69) is 15.1 Å². The summed E-state index contributed by atoms with van der Waals surface area (Å²) < 4.78 is 12.2. The Hall–Kier alpha value is -2.19. The zero-order valence-electron chi connectivity index (χ0n) is 24.3. The van der Waals surface area contributed by atoms with Crippen molar-refractivity contribution in [3.63, 3.8) is 0 Å². The first-order valence-electron chi connectivity index (χ1n) is 15.8. The van der Waals surface area contributed by atoms with Crippen LogP contribution >= 0.6 is 23.2 Å². The van der Waals surface area contributed by atoms with E-state index >= 15 is 0 Å². The van der Waals surface area contributed by atoms with Gasteiger partial charge < -0.3 is 29.7 Å². The van der Waals surface area contributed by atoms with E-state index < -0.39 is 12.1 Å². The molecule has 1 amide bonds. The van der Waals surface area contributed by atoms with Crippen LogP contribution in [0.2, 0.25) is 10.0 Å². The van der Waals surface area contributed by atoms with Crippen LogP contribution < -0.4 is 19.7 Å². The van der Waals surface area contributed by atoms with Crippen LogP contribution in [0.1, 0.15) is 75.9 Å². The van der Waals surface area contributed by atoms with Gasteiger partial charge in [-0.1, -0.05) is 35.7 Å². The Morgan fingerprint density at radius 2 is 1.60 bits per heavy atom. The third-order valence-corrected chi connectivity index (χ3v) is 9.77. The van der Waals surface area contributed by atoms with Crippen molar-refractivity contribution < 1.29 is 19.4 Å². The van der Waals surface area contributed by atoms with Gasteiger partial charge in [0.1, 0.15) is 17.6 Å². The van der Waals surface area contributed by atoms with Gasteiger partial charge in [0.2, 0.25) is 5.91 Å². The number of carbonyl (C=O) groups excluding carboxylic acids is 1. The lowest BCUT2D eigenvalue weighted by atomic mass is 9.98. The molecule has 2 aliphatic heterocycles. The lowest BCUT2D eigenvalue weighted by Gasteiger charge is -2.30. The average Bonchev–Trinajstić information content (AvgIpc) is 3.42. The van der Waals surface area contributed by atoms with Crippen LogP contribution in [0.4, 0.5) is 5.69 Å². The molecule has 2 N–H and O–H groups in total. The van der Waals surface area contributed by atoms with Gasteiger partial charge >= 0.3 is 0 Å². The van der Waals surface area contributed by atoms with Crippen molar-refractivity contribution in [3.05, 3.63) is 52.0 Å². The molecule has 6 rings (SSSR count). The second-order valence-corrected chi connectivity index (χ2v) is 13.3. The zero-order chi connectivity index (χ0) is 29.1. The summed E-state index contributed by atoms with van der Waals surface area (Å²) in [5.41, 5.74) is 1.71. The summed E-state index contributed by atoms with van der Waals surface area (Å²) in [5, 5.41) is 15.8. The first-order chi connectivity index (χ1) is 20.4. The van der Waals surface area contributed by atoms with E-state index in [-0.39, 0.29) is 24.0 Å². The number of aliphatic hydroxyl groups excluding tert-OH is 1. The maximum atomic E-state index is 13.6. The molecule has 2 aliphatic carbocycles. The van der Waals surface area contributed by atoms with Gasteiger partial charge in [-0.25, -0.2) is 0 Å². The SMILES string of the molecule is O=C(N[C@H](CN1CCCC1)[C@H](O)c1ccc(OC2CC2)c(Cl)c1)[C@@H]1CCN(c2ccc(Cl)c(OC3CCCCC3)c2)C1. The molecule has 7 nitrogen and oxygen atoms in total. The van der Waals surface area contributed by atoms with E-state index in [1.165, 1.54) is 19.3 Å². The van der Waals surface area contributed by atoms with Crippen molar-refractivity contribution in [3.8, 4) is 11.5 Å². The predicted octanol–water partition coefficient (Wildman–Crippen LogP) is 6.39. The molecular formula is C33H43Cl2N3O4. The number of hydrogen-bond donors (Lipinski definition) is 2. The van der Waals surface area contributed by atoms with Gasteiger partial charge in [0, 0.05) is 31.4 Å². The van der Waals surface area contributed by atoms with Crippen molar-refractivity contribution in [1.82, 2.24) is 10.2 Å². The van der Waals surface area contributed by atoms with Crippen LogP contribution in [0.3, 0.4) is 0 Å². The van der Waals surface area contributed by atoms with Gasteiger partial charge in [0.05, 0.1) is 34.2 Å². The van der Waals surface area contributed by atoms with Crippen molar-refractivity contribution in [2.45, 2.75) is 88.6 Å². The molecule has 0 bridgehead atoms. The number of amides is 1. The molecule has 9 heteroatoms. The monoisotopic (exact) mass is 615 g/mol. The molecule has 0 unspecified atom stereocenters. The fraction of sp³-hybridized carbons (Fsp3) is 0.606. The van der Waals surface area contributed by atoms with Crippen LogP contribution in [-0.4, -0.2) is 66.9 Å². The van der Waals surface area contributed by atoms with Crippen LogP contribution in [0.5, 0.6) is 11.5 Å². The van der Waals surface area contributed by atoms with Gasteiger partial charge in [-0.2, -0.15) is 0 Å². The van der Waals surface area contributed by atoms with E-state index in [0.717, 1.165) is 76.0 Å². The molecule has 2 heterocycles. The number of ether oxygens (including phenoxy) is 2. The molecule has 2 saturated carbocycles.